The Morgan fingerprint density at radius 2 is 1.85 bits per heavy atom. The van der Waals surface area contributed by atoms with Crippen molar-refractivity contribution >= 4 is 17.4 Å². The molecule has 0 unspecified atom stereocenters. The van der Waals surface area contributed by atoms with Gasteiger partial charge in [0, 0.05) is 11.3 Å². The Bertz CT molecular complexity index is 760. The van der Waals surface area contributed by atoms with E-state index in [4.69, 9.17) is 9.47 Å². The number of ketones is 1. The van der Waals surface area contributed by atoms with Gasteiger partial charge in [-0.1, -0.05) is 30.3 Å². The topological polar surface area (TPSA) is 84.9 Å². The minimum Gasteiger partial charge on any atom is -0.497 e. The van der Waals surface area contributed by atoms with E-state index in [1.165, 1.54) is 0 Å². The molecule has 0 aliphatic heterocycles. The molecule has 2 N–H and O–H groups in total. The van der Waals surface area contributed by atoms with E-state index in [1.807, 2.05) is 6.92 Å². The zero-order valence-electron chi connectivity index (χ0n) is 15.1. The molecule has 0 saturated carbocycles. The molecular weight excluding hydrogens is 334 g/mol. The van der Waals surface area contributed by atoms with Crippen molar-refractivity contribution in [3.8, 4) is 5.75 Å². The van der Waals surface area contributed by atoms with Crippen molar-refractivity contribution in [2.45, 2.75) is 26.0 Å². The summed E-state index contributed by atoms with van der Waals surface area (Å²) in [6.45, 7) is 3.64. The average Bonchev–Trinajstić information content (AvgIpc) is 2.66. The molecule has 0 heterocycles. The standard InChI is InChI=1S/C20H23NO5/c1-4-26-20(24)17(19(23)18(22)14-8-6-5-7-9-14)21-16-11-10-15(25-3)12-13(16)2/h5-12,17,19,21,23H,4H2,1-3H3/t17-,19-/m1/s1. The second-order valence-electron chi connectivity index (χ2n) is 5.73. The summed E-state index contributed by atoms with van der Waals surface area (Å²) < 4.78 is 10.2. The zero-order valence-corrected chi connectivity index (χ0v) is 15.1. The smallest absolute Gasteiger partial charge is 0.331 e. The molecule has 0 bridgehead atoms. The van der Waals surface area contributed by atoms with Crippen molar-refractivity contribution in [2.75, 3.05) is 19.0 Å². The van der Waals surface area contributed by atoms with Gasteiger partial charge in [-0.2, -0.15) is 0 Å². The van der Waals surface area contributed by atoms with Gasteiger partial charge in [-0.25, -0.2) is 4.79 Å². The molecule has 0 amide bonds. The number of carbonyl (C=O) groups is 2. The number of carbonyl (C=O) groups excluding carboxylic acids is 2. The number of benzene rings is 2. The minimum atomic E-state index is -1.59. The molecule has 2 aromatic rings. The largest absolute Gasteiger partial charge is 0.497 e. The van der Waals surface area contributed by atoms with Crippen molar-refractivity contribution < 1.29 is 24.2 Å². The van der Waals surface area contributed by atoms with Crippen LogP contribution in [0.2, 0.25) is 0 Å². The van der Waals surface area contributed by atoms with Gasteiger partial charge < -0.3 is 19.9 Å². The Hall–Kier alpha value is -2.86. The normalized spacial score (nSPS) is 12.8. The van der Waals surface area contributed by atoms with Gasteiger partial charge in [0.1, 0.15) is 11.9 Å². The lowest BCUT2D eigenvalue weighted by Gasteiger charge is -2.23. The van der Waals surface area contributed by atoms with Crippen LogP contribution in [0.25, 0.3) is 0 Å². The maximum absolute atomic E-state index is 12.6. The van der Waals surface area contributed by atoms with Crippen molar-refractivity contribution in [1.29, 1.82) is 0 Å². The van der Waals surface area contributed by atoms with E-state index in [0.717, 1.165) is 5.56 Å². The van der Waals surface area contributed by atoms with Crippen LogP contribution in [0.15, 0.2) is 48.5 Å². The first-order chi connectivity index (χ1) is 12.5. The maximum atomic E-state index is 12.6. The molecule has 138 valence electrons. The number of ether oxygens (including phenoxy) is 2. The molecule has 0 aliphatic carbocycles. The van der Waals surface area contributed by atoms with E-state index in [-0.39, 0.29) is 6.61 Å². The van der Waals surface area contributed by atoms with E-state index in [2.05, 4.69) is 5.32 Å². The lowest BCUT2D eigenvalue weighted by atomic mass is 9.99. The lowest BCUT2D eigenvalue weighted by molar-refractivity contribution is -0.145. The molecule has 2 aromatic carbocycles. The van der Waals surface area contributed by atoms with Crippen LogP contribution in [0, 0.1) is 6.92 Å². The van der Waals surface area contributed by atoms with Gasteiger partial charge in [-0.3, -0.25) is 4.79 Å². The second kappa shape index (κ2) is 9.01. The van der Waals surface area contributed by atoms with Crippen LogP contribution < -0.4 is 10.1 Å². The highest BCUT2D eigenvalue weighted by atomic mass is 16.5. The third-order valence-electron chi connectivity index (χ3n) is 3.93. The quantitative estimate of drug-likeness (QED) is 0.558. The number of hydrogen-bond acceptors (Lipinski definition) is 6. The molecule has 0 radical (unpaired) electrons. The molecule has 2 rings (SSSR count). The summed E-state index contributed by atoms with van der Waals surface area (Å²) in [6, 6.07) is 12.3. The van der Waals surface area contributed by atoms with Crippen LogP contribution in [-0.4, -0.2) is 42.7 Å². The van der Waals surface area contributed by atoms with Gasteiger partial charge in [-0.15, -0.1) is 0 Å². The number of aryl methyl sites for hydroxylation is 1. The molecule has 0 saturated heterocycles. The summed E-state index contributed by atoms with van der Waals surface area (Å²) in [4.78, 5) is 24.9. The summed E-state index contributed by atoms with van der Waals surface area (Å²) in [5.41, 5.74) is 1.73. The highest BCUT2D eigenvalue weighted by Crippen LogP contribution is 2.23. The van der Waals surface area contributed by atoms with Gasteiger partial charge >= 0.3 is 5.97 Å². The Kier molecular flexibility index (Phi) is 6.74. The van der Waals surface area contributed by atoms with Crippen molar-refractivity contribution in [1.82, 2.24) is 0 Å². The molecule has 26 heavy (non-hydrogen) atoms. The van der Waals surface area contributed by atoms with Gasteiger partial charge in [0.05, 0.1) is 13.7 Å². The number of rotatable bonds is 8. The van der Waals surface area contributed by atoms with E-state index in [1.54, 1.807) is 62.6 Å². The highest BCUT2D eigenvalue weighted by molar-refractivity contribution is 6.03. The predicted molar refractivity (Wildman–Crippen MR) is 98.6 cm³/mol. The van der Waals surface area contributed by atoms with Crippen LogP contribution in [0.3, 0.4) is 0 Å². The molecule has 0 aliphatic rings. The fraction of sp³-hybridized carbons (Fsp3) is 0.300. The molecule has 6 nitrogen and oxygen atoms in total. The Balaban J connectivity index is 2.28. The highest BCUT2D eigenvalue weighted by Gasteiger charge is 2.34. The molecule has 0 fully saturated rings. The first-order valence-corrected chi connectivity index (χ1v) is 8.33. The Morgan fingerprint density at radius 1 is 1.15 bits per heavy atom. The van der Waals surface area contributed by atoms with Crippen molar-refractivity contribution in [3.63, 3.8) is 0 Å². The molecular formula is C20H23NO5. The van der Waals surface area contributed by atoms with E-state index >= 15 is 0 Å². The second-order valence-corrected chi connectivity index (χ2v) is 5.73. The number of Topliss-reactive ketones (excluding diaryl/α,β-unsaturated/α-hetero) is 1. The van der Waals surface area contributed by atoms with Crippen LogP contribution >= 0.6 is 0 Å². The van der Waals surface area contributed by atoms with E-state index in [0.29, 0.717) is 17.0 Å². The number of esters is 1. The third kappa shape index (κ3) is 4.61. The molecule has 0 aromatic heterocycles. The lowest BCUT2D eigenvalue weighted by Crippen LogP contribution is -2.46. The predicted octanol–water partition coefficient (Wildman–Crippen LogP) is 2.59. The van der Waals surface area contributed by atoms with Crippen LogP contribution in [0.5, 0.6) is 5.75 Å². The molecule has 0 spiro atoms. The van der Waals surface area contributed by atoms with Gasteiger partial charge in [0.25, 0.3) is 0 Å². The summed E-state index contributed by atoms with van der Waals surface area (Å²) in [5, 5.41) is 13.5. The minimum absolute atomic E-state index is 0.144. The number of aliphatic hydroxyl groups excluding tert-OH is 1. The molecule has 6 heteroatoms. The number of aliphatic hydroxyl groups is 1. The van der Waals surface area contributed by atoms with Crippen LogP contribution in [0.1, 0.15) is 22.8 Å². The number of anilines is 1. The SMILES string of the molecule is CCOC(=O)[C@H](Nc1ccc(OC)cc1C)[C@@H](O)C(=O)c1ccccc1. The summed E-state index contributed by atoms with van der Waals surface area (Å²) >= 11 is 0. The summed E-state index contributed by atoms with van der Waals surface area (Å²) in [7, 11) is 1.56. The summed E-state index contributed by atoms with van der Waals surface area (Å²) in [6.07, 6.45) is -1.59. The van der Waals surface area contributed by atoms with Gasteiger partial charge in [0.15, 0.2) is 11.8 Å². The number of methoxy groups -OCH3 is 1. The Morgan fingerprint density at radius 3 is 2.42 bits per heavy atom. The van der Waals surface area contributed by atoms with Gasteiger partial charge in [-0.05, 0) is 37.6 Å². The third-order valence-corrected chi connectivity index (χ3v) is 3.93. The number of hydrogen-bond donors (Lipinski definition) is 2. The monoisotopic (exact) mass is 357 g/mol. The number of nitrogens with one attached hydrogen (secondary N) is 1. The fourth-order valence-corrected chi connectivity index (χ4v) is 2.52. The van der Waals surface area contributed by atoms with Crippen molar-refractivity contribution in [3.05, 3.63) is 59.7 Å². The first-order valence-electron chi connectivity index (χ1n) is 8.33. The van der Waals surface area contributed by atoms with Gasteiger partial charge in [0.2, 0.25) is 0 Å². The van der Waals surface area contributed by atoms with E-state index < -0.39 is 23.9 Å². The first kappa shape index (κ1) is 19.5. The Labute approximate surface area is 152 Å². The van der Waals surface area contributed by atoms with Crippen LogP contribution in [-0.2, 0) is 9.53 Å². The fourth-order valence-electron chi connectivity index (χ4n) is 2.52. The van der Waals surface area contributed by atoms with Crippen molar-refractivity contribution in [2.24, 2.45) is 0 Å². The summed E-state index contributed by atoms with van der Waals surface area (Å²) in [5.74, 6) is -0.580. The van der Waals surface area contributed by atoms with Crippen LogP contribution in [0.4, 0.5) is 5.69 Å². The zero-order chi connectivity index (χ0) is 19.1. The van der Waals surface area contributed by atoms with E-state index in [9.17, 15) is 14.7 Å². The molecule has 2 atom stereocenters. The average molecular weight is 357 g/mol. The maximum Gasteiger partial charge on any atom is 0.331 e.